The number of rotatable bonds is 5. The van der Waals surface area contributed by atoms with E-state index >= 15 is 4.39 Å². The molecule has 2 aromatic rings. The summed E-state index contributed by atoms with van der Waals surface area (Å²) in [7, 11) is 1.53. The third kappa shape index (κ3) is 3.49. The van der Waals surface area contributed by atoms with E-state index in [1.165, 1.54) is 13.2 Å². The number of hydrogen-bond donors (Lipinski definition) is 2. The molecule has 4 amide bonds. The van der Waals surface area contributed by atoms with Crippen LogP contribution in [0.5, 0.6) is 5.75 Å². The van der Waals surface area contributed by atoms with Crippen LogP contribution in [0.3, 0.4) is 0 Å². The van der Waals surface area contributed by atoms with Crippen molar-refractivity contribution in [3.8, 4) is 5.75 Å². The van der Waals surface area contributed by atoms with Crippen molar-refractivity contribution in [2.75, 3.05) is 23.9 Å². The predicted octanol–water partition coefficient (Wildman–Crippen LogP) is 4.37. The Kier molecular flexibility index (Phi) is 4.92. The minimum atomic E-state index is -0.562. The Morgan fingerprint density at radius 3 is 2.54 bits per heavy atom. The van der Waals surface area contributed by atoms with Crippen LogP contribution in [0.2, 0.25) is 0 Å². The van der Waals surface area contributed by atoms with Gasteiger partial charge in [0.2, 0.25) is 5.91 Å². The maximum absolute atomic E-state index is 15.2. The lowest BCUT2D eigenvalue weighted by atomic mass is 9.42. The number of hydrogen-bond acceptors (Lipinski definition) is 4. The Bertz CT molecular complexity index is 1210. The maximum Gasteiger partial charge on any atom is 0.329 e. The molecule has 182 valence electrons. The van der Waals surface area contributed by atoms with Crippen LogP contribution in [0.4, 0.5) is 20.6 Å². The smallest absolute Gasteiger partial charge is 0.329 e. The van der Waals surface area contributed by atoms with Gasteiger partial charge in [-0.1, -0.05) is 12.1 Å². The molecule has 0 spiro atoms. The topological polar surface area (TPSA) is 87.7 Å². The number of halogens is 1. The van der Waals surface area contributed by atoms with Crippen molar-refractivity contribution in [2.24, 2.45) is 17.3 Å². The van der Waals surface area contributed by atoms with Crippen LogP contribution in [0.25, 0.3) is 0 Å². The van der Waals surface area contributed by atoms with E-state index in [4.69, 9.17) is 4.74 Å². The fraction of sp³-hybridized carbons (Fsp3) is 0.444. The minimum absolute atomic E-state index is 0.0364. The van der Waals surface area contributed by atoms with Crippen molar-refractivity contribution >= 4 is 29.2 Å². The lowest BCUT2D eigenvalue weighted by Crippen LogP contribution is -2.58. The van der Waals surface area contributed by atoms with E-state index in [0.29, 0.717) is 40.9 Å². The second-order valence-electron chi connectivity index (χ2n) is 10.8. The number of nitrogens with zero attached hydrogens (tertiary/aromatic N) is 1. The van der Waals surface area contributed by atoms with E-state index < -0.39 is 11.4 Å². The van der Waals surface area contributed by atoms with Crippen molar-refractivity contribution in [1.29, 1.82) is 0 Å². The number of carbonyl (C=O) groups is 3. The van der Waals surface area contributed by atoms with Crippen LogP contribution in [0.15, 0.2) is 42.5 Å². The molecule has 7 rings (SSSR count). The van der Waals surface area contributed by atoms with Gasteiger partial charge in [0.1, 0.15) is 11.6 Å². The molecule has 5 aliphatic rings. The van der Waals surface area contributed by atoms with E-state index in [1.54, 1.807) is 24.3 Å². The van der Waals surface area contributed by atoms with Crippen LogP contribution in [0, 0.1) is 23.1 Å². The number of carbonyl (C=O) groups excluding carboxylic acids is 3. The lowest BCUT2D eigenvalue weighted by molar-refractivity contribution is -0.143. The monoisotopic (exact) mass is 477 g/mol. The van der Waals surface area contributed by atoms with Gasteiger partial charge in [-0.15, -0.1) is 0 Å². The summed E-state index contributed by atoms with van der Waals surface area (Å²) in [4.78, 5) is 39.0. The number of urea groups is 1. The summed E-state index contributed by atoms with van der Waals surface area (Å²) < 4.78 is 20.4. The van der Waals surface area contributed by atoms with Gasteiger partial charge < -0.3 is 15.4 Å². The van der Waals surface area contributed by atoms with Crippen LogP contribution in [-0.2, 0) is 15.0 Å². The van der Waals surface area contributed by atoms with Gasteiger partial charge >= 0.3 is 6.03 Å². The molecular formula is C27H28FN3O4. The highest BCUT2D eigenvalue weighted by atomic mass is 19.1. The SMILES string of the molecule is COc1ccc(C23CC4CC(CC(C(=O)Nc5cccc(N6C(=O)CNC6=O)c5)(C4)C2)C3)c(F)c1. The molecule has 4 aliphatic carbocycles. The average molecular weight is 478 g/mol. The first-order valence-electron chi connectivity index (χ1n) is 12.2. The highest BCUT2D eigenvalue weighted by molar-refractivity contribution is 6.20. The summed E-state index contributed by atoms with van der Waals surface area (Å²) in [6.07, 6.45) is 5.14. The normalized spacial score (nSPS) is 31.0. The van der Waals surface area contributed by atoms with Gasteiger partial charge in [-0.05, 0) is 85.6 Å². The quantitative estimate of drug-likeness (QED) is 0.626. The van der Waals surface area contributed by atoms with E-state index in [2.05, 4.69) is 10.6 Å². The summed E-state index contributed by atoms with van der Waals surface area (Å²) in [5.41, 5.74) is 0.753. The molecule has 2 atom stereocenters. The van der Waals surface area contributed by atoms with Gasteiger partial charge in [0.05, 0.1) is 24.8 Å². The minimum Gasteiger partial charge on any atom is -0.497 e. The summed E-state index contributed by atoms with van der Waals surface area (Å²) >= 11 is 0. The van der Waals surface area contributed by atoms with Gasteiger partial charge in [-0.25, -0.2) is 14.1 Å². The van der Waals surface area contributed by atoms with Crippen LogP contribution < -0.4 is 20.3 Å². The maximum atomic E-state index is 15.2. The van der Waals surface area contributed by atoms with Gasteiger partial charge in [0, 0.05) is 11.8 Å². The number of benzene rings is 2. The Morgan fingerprint density at radius 2 is 1.89 bits per heavy atom. The van der Waals surface area contributed by atoms with Crippen LogP contribution in [0.1, 0.15) is 44.1 Å². The summed E-state index contributed by atoms with van der Waals surface area (Å²) in [5, 5.41) is 5.58. The van der Waals surface area contributed by atoms with Crippen molar-refractivity contribution in [1.82, 2.24) is 5.32 Å². The summed E-state index contributed by atoms with van der Waals surface area (Å²) in [5.74, 6) is 0.625. The zero-order valence-corrected chi connectivity index (χ0v) is 19.6. The highest BCUT2D eigenvalue weighted by Crippen LogP contribution is 2.66. The fourth-order valence-electron chi connectivity index (χ4n) is 7.57. The third-order valence-electron chi connectivity index (χ3n) is 8.50. The number of nitrogens with one attached hydrogen (secondary N) is 2. The first kappa shape index (κ1) is 22.1. The predicted molar refractivity (Wildman–Crippen MR) is 128 cm³/mol. The van der Waals surface area contributed by atoms with Crippen molar-refractivity contribution in [3.63, 3.8) is 0 Å². The Balaban J connectivity index is 1.29. The van der Waals surface area contributed by atoms with Crippen LogP contribution >= 0.6 is 0 Å². The molecule has 2 N–H and O–H groups in total. The first-order chi connectivity index (χ1) is 16.8. The molecule has 1 aliphatic heterocycles. The molecule has 0 aromatic heterocycles. The fourth-order valence-corrected chi connectivity index (χ4v) is 7.57. The van der Waals surface area contributed by atoms with E-state index in [1.807, 2.05) is 12.1 Å². The van der Waals surface area contributed by atoms with E-state index in [9.17, 15) is 14.4 Å². The number of anilines is 2. The molecule has 35 heavy (non-hydrogen) atoms. The Morgan fingerprint density at radius 1 is 1.11 bits per heavy atom. The van der Waals surface area contributed by atoms with Crippen molar-refractivity contribution in [2.45, 2.75) is 43.9 Å². The second-order valence-corrected chi connectivity index (χ2v) is 10.8. The number of ether oxygens (including phenoxy) is 1. The third-order valence-corrected chi connectivity index (χ3v) is 8.50. The standard InChI is InChI=1S/C27H28FN3O4/c1-35-20-5-6-21(22(28)9-20)26-10-16-7-17(11-26)13-27(12-16,15-26)24(33)30-18-3-2-4-19(8-18)31-23(32)14-29-25(31)34/h2-6,8-9,16-17H,7,10-15H2,1H3,(H,29,34)(H,30,33). The van der Waals surface area contributed by atoms with Crippen molar-refractivity contribution in [3.05, 3.63) is 53.8 Å². The summed E-state index contributed by atoms with van der Waals surface area (Å²) in [6.45, 7) is -0.0364. The molecule has 0 radical (unpaired) electrons. The van der Waals surface area contributed by atoms with Gasteiger partial charge in [-0.2, -0.15) is 0 Å². The molecular weight excluding hydrogens is 449 g/mol. The van der Waals surface area contributed by atoms with Gasteiger partial charge in [0.15, 0.2) is 0 Å². The van der Waals surface area contributed by atoms with E-state index in [-0.39, 0.29) is 29.6 Å². The van der Waals surface area contributed by atoms with E-state index in [0.717, 1.165) is 37.0 Å². The van der Waals surface area contributed by atoms with Crippen LogP contribution in [-0.4, -0.2) is 31.5 Å². The zero-order valence-electron chi connectivity index (χ0n) is 19.6. The molecule has 2 unspecified atom stereocenters. The van der Waals surface area contributed by atoms with Crippen molar-refractivity contribution < 1.29 is 23.5 Å². The van der Waals surface area contributed by atoms with Gasteiger partial charge in [-0.3, -0.25) is 9.59 Å². The molecule has 8 heteroatoms. The molecule has 4 bridgehead atoms. The average Bonchev–Trinajstić information content (AvgIpc) is 3.16. The Labute approximate surface area is 203 Å². The molecule has 1 saturated heterocycles. The highest BCUT2D eigenvalue weighted by Gasteiger charge is 2.61. The zero-order chi connectivity index (χ0) is 24.4. The number of amides is 4. The molecule has 1 heterocycles. The largest absolute Gasteiger partial charge is 0.497 e. The van der Waals surface area contributed by atoms with Gasteiger partial charge in [0.25, 0.3) is 5.91 Å². The molecule has 7 nitrogen and oxygen atoms in total. The Hall–Kier alpha value is -3.42. The number of methoxy groups -OCH3 is 1. The second kappa shape index (κ2) is 7.80. The molecule has 5 fully saturated rings. The number of imide groups is 1. The molecule has 2 aromatic carbocycles. The lowest BCUT2D eigenvalue weighted by Gasteiger charge is -2.61. The summed E-state index contributed by atoms with van der Waals surface area (Å²) in [6, 6.07) is 11.4. The molecule has 4 saturated carbocycles. The first-order valence-corrected chi connectivity index (χ1v) is 12.2.